The van der Waals surface area contributed by atoms with Crippen molar-refractivity contribution in [2.24, 2.45) is 0 Å². The van der Waals surface area contributed by atoms with Gasteiger partial charge in [0.2, 0.25) is 5.91 Å². The average molecular weight is 394 g/mol. The monoisotopic (exact) mass is 393 g/mol. The van der Waals surface area contributed by atoms with Gasteiger partial charge in [0.1, 0.15) is 11.4 Å². The van der Waals surface area contributed by atoms with Crippen LogP contribution < -0.4 is 10.9 Å². The molecule has 1 amide bonds. The summed E-state index contributed by atoms with van der Waals surface area (Å²) in [5, 5.41) is 3.87. The van der Waals surface area contributed by atoms with E-state index in [0.717, 1.165) is 48.7 Å². The standard InChI is InChI=1S/C22H23N3O2S/c26-19(24-17-10-5-7-14-6-1-2-8-15(14)17)12-25-13-23-21-20(22(25)27)16-9-3-4-11-18(16)28-21/h1-2,6,8,13,17H,3-5,7,9-12H2,(H,24,26)/t17-/m0/s1. The van der Waals surface area contributed by atoms with Crippen LogP contribution in [-0.4, -0.2) is 15.5 Å². The van der Waals surface area contributed by atoms with Gasteiger partial charge in [-0.25, -0.2) is 4.98 Å². The van der Waals surface area contributed by atoms with Gasteiger partial charge in [-0.1, -0.05) is 24.3 Å². The van der Waals surface area contributed by atoms with Crippen molar-refractivity contribution in [1.82, 2.24) is 14.9 Å². The Morgan fingerprint density at radius 1 is 1.18 bits per heavy atom. The van der Waals surface area contributed by atoms with E-state index in [4.69, 9.17) is 0 Å². The molecule has 0 unspecified atom stereocenters. The highest BCUT2D eigenvalue weighted by atomic mass is 32.1. The first-order chi connectivity index (χ1) is 13.7. The third-order valence-corrected chi connectivity index (χ3v) is 7.16. The zero-order valence-electron chi connectivity index (χ0n) is 15.7. The average Bonchev–Trinajstić information content (AvgIpc) is 3.10. The summed E-state index contributed by atoms with van der Waals surface area (Å²) in [6.45, 7) is 0.0189. The first kappa shape index (κ1) is 17.6. The summed E-state index contributed by atoms with van der Waals surface area (Å²) in [5.74, 6) is -0.131. The van der Waals surface area contributed by atoms with Crippen LogP contribution in [0.2, 0.25) is 0 Å². The Hall–Kier alpha value is -2.47. The lowest BCUT2D eigenvalue weighted by molar-refractivity contribution is -0.122. The van der Waals surface area contributed by atoms with Crippen molar-refractivity contribution in [3.8, 4) is 0 Å². The molecule has 2 aliphatic rings. The van der Waals surface area contributed by atoms with Crippen LogP contribution in [0.25, 0.3) is 10.2 Å². The number of hydrogen-bond donors (Lipinski definition) is 1. The fourth-order valence-electron chi connectivity index (χ4n) is 4.59. The van der Waals surface area contributed by atoms with Gasteiger partial charge in [0.05, 0.1) is 17.8 Å². The first-order valence-electron chi connectivity index (χ1n) is 10.1. The minimum absolute atomic E-state index is 0.0189. The Morgan fingerprint density at radius 3 is 2.96 bits per heavy atom. The summed E-state index contributed by atoms with van der Waals surface area (Å²) in [6.07, 6.45) is 8.88. The molecule has 5 nitrogen and oxygen atoms in total. The summed E-state index contributed by atoms with van der Waals surface area (Å²) in [4.78, 5) is 32.3. The maximum Gasteiger partial charge on any atom is 0.262 e. The second kappa shape index (κ2) is 7.17. The maximum atomic E-state index is 13.0. The van der Waals surface area contributed by atoms with Crippen LogP contribution >= 0.6 is 11.3 Å². The highest BCUT2D eigenvalue weighted by molar-refractivity contribution is 7.18. The van der Waals surface area contributed by atoms with Crippen molar-refractivity contribution in [2.45, 2.75) is 57.5 Å². The van der Waals surface area contributed by atoms with Gasteiger partial charge in [-0.05, 0) is 61.6 Å². The van der Waals surface area contributed by atoms with E-state index < -0.39 is 0 Å². The SMILES string of the molecule is O=C(Cn1cnc2sc3c(c2c1=O)CCCC3)N[C@H]1CCCc2ccccc21. The zero-order chi connectivity index (χ0) is 19.1. The number of rotatable bonds is 3. The number of aromatic nitrogens is 2. The van der Waals surface area contributed by atoms with E-state index in [0.29, 0.717) is 0 Å². The quantitative estimate of drug-likeness (QED) is 0.740. The highest BCUT2D eigenvalue weighted by Gasteiger charge is 2.23. The molecule has 3 aromatic rings. The molecule has 28 heavy (non-hydrogen) atoms. The van der Waals surface area contributed by atoms with E-state index in [1.54, 1.807) is 11.3 Å². The van der Waals surface area contributed by atoms with Crippen LogP contribution in [0, 0.1) is 0 Å². The second-order valence-electron chi connectivity index (χ2n) is 7.78. The topological polar surface area (TPSA) is 64.0 Å². The van der Waals surface area contributed by atoms with Gasteiger partial charge in [-0.3, -0.25) is 14.2 Å². The molecule has 0 spiro atoms. The minimum Gasteiger partial charge on any atom is -0.348 e. The van der Waals surface area contributed by atoms with Crippen molar-refractivity contribution in [2.75, 3.05) is 0 Å². The molecule has 0 radical (unpaired) electrons. The number of carbonyl (C=O) groups excluding carboxylic acids is 1. The summed E-state index contributed by atoms with van der Waals surface area (Å²) in [7, 11) is 0. The number of carbonyl (C=O) groups is 1. The zero-order valence-corrected chi connectivity index (χ0v) is 16.6. The fourth-order valence-corrected chi connectivity index (χ4v) is 5.81. The smallest absolute Gasteiger partial charge is 0.262 e. The summed E-state index contributed by atoms with van der Waals surface area (Å²) < 4.78 is 1.47. The Kier molecular flexibility index (Phi) is 4.51. The predicted molar refractivity (Wildman–Crippen MR) is 111 cm³/mol. The van der Waals surface area contributed by atoms with Crippen molar-refractivity contribution < 1.29 is 4.79 Å². The van der Waals surface area contributed by atoms with Crippen LogP contribution in [0.5, 0.6) is 0 Å². The molecule has 0 saturated carbocycles. The second-order valence-corrected chi connectivity index (χ2v) is 8.86. The molecule has 6 heteroatoms. The van der Waals surface area contributed by atoms with Gasteiger partial charge in [0, 0.05) is 4.88 Å². The van der Waals surface area contributed by atoms with Gasteiger partial charge in [0.25, 0.3) is 5.56 Å². The lowest BCUT2D eigenvalue weighted by Gasteiger charge is -2.26. The van der Waals surface area contributed by atoms with Crippen LogP contribution in [0.1, 0.15) is 53.3 Å². The molecule has 2 aliphatic carbocycles. The molecular weight excluding hydrogens is 370 g/mol. The molecule has 144 valence electrons. The highest BCUT2D eigenvalue weighted by Crippen LogP contribution is 2.33. The molecule has 0 fully saturated rings. The summed E-state index contributed by atoms with van der Waals surface area (Å²) >= 11 is 1.64. The molecule has 2 aromatic heterocycles. The molecular formula is C22H23N3O2S. The number of thiophene rings is 1. The van der Waals surface area contributed by atoms with E-state index in [1.807, 2.05) is 12.1 Å². The summed E-state index contributed by atoms with van der Waals surface area (Å²) in [5.41, 5.74) is 3.60. The molecule has 1 atom stereocenters. The van der Waals surface area contributed by atoms with Crippen molar-refractivity contribution >= 4 is 27.5 Å². The molecule has 0 bridgehead atoms. The van der Waals surface area contributed by atoms with Crippen LogP contribution in [0.3, 0.4) is 0 Å². The van der Waals surface area contributed by atoms with Gasteiger partial charge in [0.15, 0.2) is 0 Å². The Labute approximate surface area is 167 Å². The fraction of sp³-hybridized carbons (Fsp3) is 0.409. The molecule has 0 saturated heterocycles. The minimum atomic E-state index is -0.131. The third-order valence-electron chi connectivity index (χ3n) is 5.96. The number of nitrogens with one attached hydrogen (secondary N) is 1. The first-order valence-corrected chi connectivity index (χ1v) is 10.9. The van der Waals surface area contributed by atoms with Crippen molar-refractivity contribution in [1.29, 1.82) is 0 Å². The lowest BCUT2D eigenvalue weighted by atomic mass is 9.88. The van der Waals surface area contributed by atoms with Gasteiger partial charge < -0.3 is 5.32 Å². The molecule has 1 N–H and O–H groups in total. The van der Waals surface area contributed by atoms with E-state index in [-0.39, 0.29) is 24.1 Å². The normalized spacial score (nSPS) is 18.5. The third kappa shape index (κ3) is 3.05. The number of fused-ring (bicyclic) bond motifs is 4. The van der Waals surface area contributed by atoms with Crippen LogP contribution in [0.4, 0.5) is 0 Å². The predicted octanol–water partition coefficient (Wildman–Crippen LogP) is 3.53. The molecule has 1 aromatic carbocycles. The Bertz CT molecular complexity index is 1110. The molecule has 5 rings (SSSR count). The maximum absolute atomic E-state index is 13.0. The van der Waals surface area contributed by atoms with E-state index >= 15 is 0 Å². The largest absolute Gasteiger partial charge is 0.348 e. The Balaban J connectivity index is 1.39. The summed E-state index contributed by atoms with van der Waals surface area (Å²) in [6, 6.07) is 8.32. The van der Waals surface area contributed by atoms with Gasteiger partial charge in [-0.15, -0.1) is 11.3 Å². The van der Waals surface area contributed by atoms with Crippen molar-refractivity contribution in [3.05, 3.63) is 62.5 Å². The molecule has 0 aliphatic heterocycles. The number of aryl methyl sites for hydroxylation is 3. The Morgan fingerprint density at radius 2 is 2.04 bits per heavy atom. The number of nitrogens with zero attached hydrogens (tertiary/aromatic N) is 2. The van der Waals surface area contributed by atoms with Crippen LogP contribution in [0.15, 0.2) is 35.4 Å². The van der Waals surface area contributed by atoms with E-state index in [1.165, 1.54) is 38.9 Å². The van der Waals surface area contributed by atoms with Gasteiger partial charge in [-0.2, -0.15) is 0 Å². The lowest BCUT2D eigenvalue weighted by Crippen LogP contribution is -2.36. The molecule has 2 heterocycles. The van der Waals surface area contributed by atoms with E-state index in [9.17, 15) is 9.59 Å². The van der Waals surface area contributed by atoms with Gasteiger partial charge >= 0.3 is 0 Å². The van der Waals surface area contributed by atoms with Crippen LogP contribution in [-0.2, 0) is 30.6 Å². The van der Waals surface area contributed by atoms with E-state index in [2.05, 4.69) is 22.4 Å². The number of hydrogen-bond acceptors (Lipinski definition) is 4. The number of amides is 1. The number of benzene rings is 1. The van der Waals surface area contributed by atoms with Crippen molar-refractivity contribution in [3.63, 3.8) is 0 Å².